The number of allylic oxidation sites excluding steroid dienone is 2. The van der Waals surface area contributed by atoms with Gasteiger partial charge in [-0.25, -0.2) is 0 Å². The van der Waals surface area contributed by atoms with E-state index in [1.807, 2.05) is 32.1 Å². The molecule has 0 atom stereocenters. The normalized spacial score (nSPS) is 10.9. The van der Waals surface area contributed by atoms with E-state index in [1.54, 1.807) is 24.3 Å². The summed E-state index contributed by atoms with van der Waals surface area (Å²) in [5.74, 6) is 0.872. The first kappa shape index (κ1) is 18.7. The summed E-state index contributed by atoms with van der Waals surface area (Å²) in [4.78, 5) is 0. The Balaban J connectivity index is 2.37. The molecule has 0 amide bonds. The molecule has 0 spiro atoms. The first-order chi connectivity index (χ1) is 11.9. The highest BCUT2D eigenvalue weighted by atomic mass is 16.5. The lowest BCUT2D eigenvalue weighted by Gasteiger charge is -2.10. The number of phenolic OH excluding ortho intramolecular Hbond substituents is 2. The number of phenols is 2. The lowest BCUT2D eigenvalue weighted by atomic mass is 9.96. The Bertz CT molecular complexity index is 797. The molecule has 0 heterocycles. The molecule has 2 N–H and O–H groups in total. The number of benzene rings is 2. The second-order valence-electron chi connectivity index (χ2n) is 6.31. The summed E-state index contributed by atoms with van der Waals surface area (Å²) in [6, 6.07) is 8.84. The van der Waals surface area contributed by atoms with Gasteiger partial charge in [0, 0.05) is 0 Å². The van der Waals surface area contributed by atoms with Crippen LogP contribution in [0.25, 0.3) is 12.2 Å². The van der Waals surface area contributed by atoms with Gasteiger partial charge in [0.05, 0.1) is 6.61 Å². The van der Waals surface area contributed by atoms with Crippen LogP contribution < -0.4 is 4.74 Å². The van der Waals surface area contributed by atoms with Gasteiger partial charge in [0.25, 0.3) is 0 Å². The van der Waals surface area contributed by atoms with Crippen molar-refractivity contribution in [2.24, 2.45) is 0 Å². The van der Waals surface area contributed by atoms with Gasteiger partial charge in [-0.1, -0.05) is 29.9 Å². The van der Waals surface area contributed by atoms with Crippen molar-refractivity contribution in [1.29, 1.82) is 0 Å². The second-order valence-corrected chi connectivity index (χ2v) is 6.31. The number of aryl methyl sites for hydroxylation is 1. The molecule has 2 rings (SSSR count). The monoisotopic (exact) mass is 338 g/mol. The van der Waals surface area contributed by atoms with Crippen LogP contribution in [0.2, 0.25) is 0 Å². The molecule has 0 aliphatic rings. The van der Waals surface area contributed by atoms with Crippen LogP contribution in [0.1, 0.15) is 43.0 Å². The summed E-state index contributed by atoms with van der Waals surface area (Å²) in [7, 11) is 0. The second kappa shape index (κ2) is 8.43. The van der Waals surface area contributed by atoms with Crippen LogP contribution in [0.5, 0.6) is 17.2 Å². The lowest BCUT2D eigenvalue weighted by Crippen LogP contribution is -1.93. The van der Waals surface area contributed by atoms with Crippen molar-refractivity contribution in [3.8, 4) is 17.2 Å². The average Bonchev–Trinajstić information content (AvgIpc) is 2.54. The fourth-order valence-electron chi connectivity index (χ4n) is 2.65. The van der Waals surface area contributed by atoms with E-state index in [2.05, 4.69) is 19.9 Å². The molecule has 2 aromatic carbocycles. The SMILES string of the molecule is CCOc1cc(/C=C/c2cc(O)cc(C)c2CC=C(C)C)ccc1O. The van der Waals surface area contributed by atoms with E-state index in [9.17, 15) is 10.2 Å². The molecule has 0 aliphatic carbocycles. The van der Waals surface area contributed by atoms with Gasteiger partial charge in [-0.05, 0) is 80.6 Å². The smallest absolute Gasteiger partial charge is 0.161 e. The minimum absolute atomic E-state index is 0.136. The maximum atomic E-state index is 9.94. The maximum absolute atomic E-state index is 9.94. The topological polar surface area (TPSA) is 49.7 Å². The van der Waals surface area contributed by atoms with Gasteiger partial charge in [0.1, 0.15) is 5.75 Å². The zero-order valence-electron chi connectivity index (χ0n) is 15.3. The molecule has 0 bridgehead atoms. The van der Waals surface area contributed by atoms with E-state index >= 15 is 0 Å². The number of rotatable bonds is 6. The Labute approximate surface area is 149 Å². The van der Waals surface area contributed by atoms with E-state index < -0.39 is 0 Å². The standard InChI is InChI=1S/C22H26O3/c1-5-25-22-13-17(8-11-21(22)24)7-9-18-14-19(23)12-16(4)20(18)10-6-15(2)3/h6-9,11-14,23-24H,5,10H2,1-4H3/b9-7+. The third-order valence-corrected chi connectivity index (χ3v) is 3.95. The minimum atomic E-state index is 0.136. The third kappa shape index (κ3) is 5.15. The van der Waals surface area contributed by atoms with Crippen molar-refractivity contribution in [1.82, 2.24) is 0 Å². The molecule has 25 heavy (non-hydrogen) atoms. The predicted octanol–water partition coefficient (Wildman–Crippen LogP) is 5.48. The van der Waals surface area contributed by atoms with Gasteiger partial charge >= 0.3 is 0 Å². The van der Waals surface area contributed by atoms with Gasteiger partial charge in [0.2, 0.25) is 0 Å². The summed E-state index contributed by atoms with van der Waals surface area (Å²) in [6.45, 7) is 8.55. The van der Waals surface area contributed by atoms with Gasteiger partial charge < -0.3 is 14.9 Å². The summed E-state index contributed by atoms with van der Waals surface area (Å²) in [5.41, 5.74) is 5.44. The maximum Gasteiger partial charge on any atom is 0.161 e. The molecule has 2 aromatic rings. The molecule has 0 aromatic heterocycles. The van der Waals surface area contributed by atoms with E-state index in [4.69, 9.17) is 4.74 Å². The Morgan fingerprint density at radius 2 is 1.84 bits per heavy atom. The molecule has 0 unspecified atom stereocenters. The molecule has 3 heteroatoms. The van der Waals surface area contributed by atoms with Crippen LogP contribution in [0.15, 0.2) is 42.0 Å². The van der Waals surface area contributed by atoms with Crippen LogP contribution in [0, 0.1) is 6.92 Å². The van der Waals surface area contributed by atoms with Gasteiger partial charge in [-0.3, -0.25) is 0 Å². The van der Waals surface area contributed by atoms with E-state index in [1.165, 1.54) is 11.1 Å². The largest absolute Gasteiger partial charge is 0.508 e. The van der Waals surface area contributed by atoms with Crippen molar-refractivity contribution in [3.63, 3.8) is 0 Å². The zero-order valence-corrected chi connectivity index (χ0v) is 15.3. The summed E-state index contributed by atoms with van der Waals surface area (Å²) in [5, 5.41) is 19.7. The van der Waals surface area contributed by atoms with Crippen molar-refractivity contribution in [3.05, 3.63) is 64.2 Å². The number of ether oxygens (including phenoxy) is 1. The van der Waals surface area contributed by atoms with Gasteiger partial charge in [-0.15, -0.1) is 0 Å². The first-order valence-electron chi connectivity index (χ1n) is 8.50. The predicted molar refractivity (Wildman–Crippen MR) is 104 cm³/mol. The molecule has 0 saturated carbocycles. The number of hydrogen-bond donors (Lipinski definition) is 2. The molecule has 0 radical (unpaired) electrons. The van der Waals surface area contributed by atoms with Crippen molar-refractivity contribution >= 4 is 12.2 Å². The molecule has 0 fully saturated rings. The highest BCUT2D eigenvalue weighted by Gasteiger charge is 2.06. The van der Waals surface area contributed by atoms with Gasteiger partial charge in [0.15, 0.2) is 11.5 Å². The van der Waals surface area contributed by atoms with Crippen LogP contribution >= 0.6 is 0 Å². The highest BCUT2D eigenvalue weighted by Crippen LogP contribution is 2.29. The Hall–Kier alpha value is -2.68. The average molecular weight is 338 g/mol. The van der Waals surface area contributed by atoms with Crippen LogP contribution in [0.4, 0.5) is 0 Å². The molecular weight excluding hydrogens is 312 g/mol. The van der Waals surface area contributed by atoms with E-state index in [0.717, 1.165) is 23.1 Å². The fraction of sp³-hybridized carbons (Fsp3) is 0.273. The van der Waals surface area contributed by atoms with Crippen molar-refractivity contribution < 1.29 is 14.9 Å². The molecular formula is C22H26O3. The highest BCUT2D eigenvalue weighted by molar-refractivity contribution is 5.73. The van der Waals surface area contributed by atoms with Crippen molar-refractivity contribution in [2.45, 2.75) is 34.1 Å². The Morgan fingerprint density at radius 3 is 2.52 bits per heavy atom. The third-order valence-electron chi connectivity index (χ3n) is 3.95. The van der Waals surface area contributed by atoms with Crippen LogP contribution in [0.3, 0.4) is 0 Å². The number of hydrogen-bond acceptors (Lipinski definition) is 3. The van der Waals surface area contributed by atoms with E-state index in [-0.39, 0.29) is 11.5 Å². The van der Waals surface area contributed by atoms with Crippen molar-refractivity contribution in [2.75, 3.05) is 6.61 Å². The Morgan fingerprint density at radius 1 is 1.08 bits per heavy atom. The first-order valence-corrected chi connectivity index (χ1v) is 8.50. The number of aromatic hydroxyl groups is 2. The molecule has 3 nitrogen and oxygen atoms in total. The molecule has 132 valence electrons. The Kier molecular flexibility index (Phi) is 6.29. The van der Waals surface area contributed by atoms with Crippen LogP contribution in [-0.2, 0) is 6.42 Å². The summed E-state index contributed by atoms with van der Waals surface area (Å²) >= 11 is 0. The molecule has 0 aliphatic heterocycles. The molecule has 0 saturated heterocycles. The quantitative estimate of drug-likeness (QED) is 0.541. The van der Waals surface area contributed by atoms with Crippen LogP contribution in [-0.4, -0.2) is 16.8 Å². The van der Waals surface area contributed by atoms with Gasteiger partial charge in [-0.2, -0.15) is 0 Å². The summed E-state index contributed by atoms with van der Waals surface area (Å²) < 4.78 is 5.42. The summed E-state index contributed by atoms with van der Waals surface area (Å²) in [6.07, 6.45) is 6.96. The zero-order chi connectivity index (χ0) is 18.4. The minimum Gasteiger partial charge on any atom is -0.508 e. The lowest BCUT2D eigenvalue weighted by molar-refractivity contribution is 0.318. The fourth-order valence-corrected chi connectivity index (χ4v) is 2.65. The van der Waals surface area contributed by atoms with E-state index in [0.29, 0.717) is 12.4 Å².